The first-order chi connectivity index (χ1) is 16.5. The maximum atomic E-state index is 13.5. The van der Waals surface area contributed by atoms with Gasteiger partial charge in [0.25, 0.3) is 15.9 Å². The molecule has 1 amide bonds. The molecule has 0 spiro atoms. The Hall–Kier alpha value is -3.65. The minimum Gasteiger partial charge on any atom is -0.340 e. The summed E-state index contributed by atoms with van der Waals surface area (Å²) in [6.07, 6.45) is 1.67. The molecule has 4 aromatic rings. The van der Waals surface area contributed by atoms with Gasteiger partial charge in [-0.3, -0.25) is 9.10 Å². The first-order valence-corrected chi connectivity index (χ1v) is 12.9. The van der Waals surface area contributed by atoms with E-state index in [0.29, 0.717) is 17.8 Å². The zero-order chi connectivity index (χ0) is 23.7. The molecule has 1 aliphatic rings. The molecule has 1 fully saturated rings. The second kappa shape index (κ2) is 8.95. The first-order valence-electron chi connectivity index (χ1n) is 11.4. The summed E-state index contributed by atoms with van der Waals surface area (Å²) in [6, 6.07) is 22.9. The van der Waals surface area contributed by atoms with E-state index in [1.807, 2.05) is 30.3 Å². The van der Waals surface area contributed by atoms with Crippen molar-refractivity contribution in [3.63, 3.8) is 0 Å². The molecule has 2 heterocycles. The zero-order valence-electron chi connectivity index (χ0n) is 18.9. The number of fused-ring (bicyclic) bond motifs is 1. The van der Waals surface area contributed by atoms with Gasteiger partial charge in [0, 0.05) is 18.7 Å². The average molecular weight is 475 g/mol. The van der Waals surface area contributed by atoms with E-state index in [0.717, 1.165) is 29.7 Å². The van der Waals surface area contributed by atoms with Gasteiger partial charge < -0.3 is 9.88 Å². The van der Waals surface area contributed by atoms with E-state index in [-0.39, 0.29) is 23.4 Å². The van der Waals surface area contributed by atoms with Crippen molar-refractivity contribution < 1.29 is 13.2 Å². The van der Waals surface area contributed by atoms with Crippen LogP contribution < -0.4 is 4.31 Å². The molecule has 0 saturated carbocycles. The van der Waals surface area contributed by atoms with Crippen LogP contribution in [-0.4, -0.2) is 42.3 Å². The Morgan fingerprint density at radius 2 is 1.82 bits per heavy atom. The highest BCUT2D eigenvalue weighted by Crippen LogP contribution is 2.33. The summed E-state index contributed by atoms with van der Waals surface area (Å²) in [5.41, 5.74) is 2.75. The molecular formula is C26H26N4O3S. The molecule has 1 unspecified atom stereocenters. The fraction of sp³-hybridized carbons (Fsp3) is 0.231. The SMILES string of the molecule is CCN(c1ccccc1)S(=O)(=O)c1cccc(C(=O)N2CCCC2c2nc3ccccc3[nH]2)c1. The Labute approximate surface area is 199 Å². The number of aromatic amines is 1. The van der Waals surface area contributed by atoms with Crippen molar-refractivity contribution >= 4 is 32.7 Å². The number of benzene rings is 3. The summed E-state index contributed by atoms with van der Waals surface area (Å²) < 4.78 is 28.2. The van der Waals surface area contributed by atoms with Gasteiger partial charge in [-0.2, -0.15) is 0 Å². The van der Waals surface area contributed by atoms with Crippen LogP contribution in [0.4, 0.5) is 5.69 Å². The smallest absolute Gasteiger partial charge is 0.264 e. The molecule has 0 radical (unpaired) electrons. The van der Waals surface area contributed by atoms with Gasteiger partial charge in [-0.05, 0) is 62.2 Å². The lowest BCUT2D eigenvalue weighted by molar-refractivity contribution is 0.0730. The lowest BCUT2D eigenvalue weighted by Gasteiger charge is -2.25. The number of hydrogen-bond donors (Lipinski definition) is 1. The molecule has 8 heteroatoms. The quantitative estimate of drug-likeness (QED) is 0.437. The predicted octanol–water partition coefficient (Wildman–Crippen LogP) is 4.76. The van der Waals surface area contributed by atoms with Crippen LogP contribution in [0.15, 0.2) is 83.8 Å². The Balaban J connectivity index is 1.45. The second-order valence-electron chi connectivity index (χ2n) is 8.33. The molecule has 0 bridgehead atoms. The number of hydrogen-bond acceptors (Lipinski definition) is 4. The van der Waals surface area contributed by atoms with E-state index in [9.17, 15) is 13.2 Å². The molecule has 0 aliphatic carbocycles. The van der Waals surface area contributed by atoms with Gasteiger partial charge in [0.1, 0.15) is 5.82 Å². The average Bonchev–Trinajstić information content (AvgIpc) is 3.52. The Morgan fingerprint density at radius 1 is 1.06 bits per heavy atom. The maximum Gasteiger partial charge on any atom is 0.264 e. The number of carbonyl (C=O) groups excluding carboxylic acids is 1. The number of likely N-dealkylation sites (tertiary alicyclic amines) is 1. The third-order valence-electron chi connectivity index (χ3n) is 6.24. The largest absolute Gasteiger partial charge is 0.340 e. The van der Waals surface area contributed by atoms with Gasteiger partial charge in [-0.15, -0.1) is 0 Å². The monoisotopic (exact) mass is 474 g/mol. The van der Waals surface area contributed by atoms with Crippen LogP contribution in [0, 0.1) is 0 Å². The summed E-state index contributed by atoms with van der Waals surface area (Å²) in [5, 5.41) is 0. The third kappa shape index (κ3) is 3.94. The van der Waals surface area contributed by atoms with Gasteiger partial charge in [-0.25, -0.2) is 13.4 Å². The minimum absolute atomic E-state index is 0.100. The van der Waals surface area contributed by atoms with Gasteiger partial charge in [0.05, 0.1) is 27.7 Å². The van der Waals surface area contributed by atoms with E-state index in [4.69, 9.17) is 4.98 Å². The highest BCUT2D eigenvalue weighted by atomic mass is 32.2. The van der Waals surface area contributed by atoms with Gasteiger partial charge in [0.15, 0.2) is 0 Å². The molecule has 174 valence electrons. The molecular weight excluding hydrogens is 448 g/mol. The van der Waals surface area contributed by atoms with Crippen molar-refractivity contribution in [1.29, 1.82) is 0 Å². The summed E-state index contributed by atoms with van der Waals surface area (Å²) in [5.74, 6) is 0.569. The lowest BCUT2D eigenvalue weighted by Crippen LogP contribution is -2.32. The standard InChI is InChI=1S/C26H26N4O3S/c1-2-30(20-11-4-3-5-12-20)34(32,33)21-13-8-10-19(18-21)26(31)29-17-9-16-24(29)25-27-22-14-6-7-15-23(22)28-25/h3-8,10-15,18,24H,2,9,16-17H2,1H3,(H,27,28). The van der Waals surface area contributed by atoms with Crippen molar-refractivity contribution in [3.05, 3.63) is 90.3 Å². The van der Waals surface area contributed by atoms with Gasteiger partial charge in [-0.1, -0.05) is 36.4 Å². The van der Waals surface area contributed by atoms with Crippen molar-refractivity contribution in [3.8, 4) is 0 Å². The zero-order valence-corrected chi connectivity index (χ0v) is 19.7. The predicted molar refractivity (Wildman–Crippen MR) is 132 cm³/mol. The molecule has 1 aromatic heterocycles. The van der Waals surface area contributed by atoms with Crippen LogP contribution in [-0.2, 0) is 10.0 Å². The van der Waals surface area contributed by atoms with Crippen LogP contribution >= 0.6 is 0 Å². The van der Waals surface area contributed by atoms with E-state index in [1.54, 1.807) is 54.3 Å². The lowest BCUT2D eigenvalue weighted by atomic mass is 10.1. The van der Waals surface area contributed by atoms with Crippen LogP contribution in [0.3, 0.4) is 0 Å². The molecule has 3 aromatic carbocycles. The Morgan fingerprint density at radius 3 is 2.59 bits per heavy atom. The number of imidazole rings is 1. The van der Waals surface area contributed by atoms with Crippen molar-refractivity contribution in [2.45, 2.75) is 30.7 Å². The molecule has 1 atom stereocenters. The van der Waals surface area contributed by atoms with Crippen LogP contribution in [0.1, 0.15) is 42.0 Å². The first kappa shape index (κ1) is 22.2. The number of sulfonamides is 1. The van der Waals surface area contributed by atoms with Gasteiger partial charge >= 0.3 is 0 Å². The van der Waals surface area contributed by atoms with Crippen molar-refractivity contribution in [2.24, 2.45) is 0 Å². The minimum atomic E-state index is -3.82. The summed E-state index contributed by atoms with van der Waals surface area (Å²) >= 11 is 0. The van der Waals surface area contributed by atoms with E-state index in [2.05, 4.69) is 4.98 Å². The number of rotatable bonds is 6. The number of carbonyl (C=O) groups is 1. The van der Waals surface area contributed by atoms with Crippen LogP contribution in [0.5, 0.6) is 0 Å². The van der Waals surface area contributed by atoms with Crippen molar-refractivity contribution in [1.82, 2.24) is 14.9 Å². The van der Waals surface area contributed by atoms with E-state index in [1.165, 1.54) is 10.4 Å². The molecule has 1 aliphatic heterocycles. The van der Waals surface area contributed by atoms with Crippen LogP contribution in [0.2, 0.25) is 0 Å². The highest BCUT2D eigenvalue weighted by molar-refractivity contribution is 7.92. The fourth-order valence-electron chi connectivity index (χ4n) is 4.59. The Bertz CT molecular complexity index is 1400. The summed E-state index contributed by atoms with van der Waals surface area (Å²) in [7, 11) is -3.82. The normalized spacial score (nSPS) is 16.1. The molecule has 1 N–H and O–H groups in total. The number of H-pyrrole nitrogens is 1. The topological polar surface area (TPSA) is 86.4 Å². The van der Waals surface area contributed by atoms with E-state index < -0.39 is 10.0 Å². The second-order valence-corrected chi connectivity index (χ2v) is 10.2. The van der Waals surface area contributed by atoms with Crippen LogP contribution in [0.25, 0.3) is 11.0 Å². The van der Waals surface area contributed by atoms with E-state index >= 15 is 0 Å². The third-order valence-corrected chi connectivity index (χ3v) is 8.14. The summed E-state index contributed by atoms with van der Waals surface area (Å²) in [6.45, 7) is 2.68. The number of anilines is 1. The highest BCUT2D eigenvalue weighted by Gasteiger charge is 2.33. The number of nitrogens with zero attached hydrogens (tertiary/aromatic N) is 3. The van der Waals surface area contributed by atoms with Crippen molar-refractivity contribution in [2.75, 3.05) is 17.4 Å². The number of aromatic nitrogens is 2. The molecule has 34 heavy (non-hydrogen) atoms. The fourth-order valence-corrected chi connectivity index (χ4v) is 6.11. The number of para-hydroxylation sites is 3. The Kier molecular flexibility index (Phi) is 5.83. The number of nitrogens with one attached hydrogen (secondary N) is 1. The molecule has 7 nitrogen and oxygen atoms in total. The molecule has 5 rings (SSSR count). The number of amides is 1. The molecule has 1 saturated heterocycles. The summed E-state index contributed by atoms with van der Waals surface area (Å²) in [4.78, 5) is 23.4. The maximum absolute atomic E-state index is 13.5. The van der Waals surface area contributed by atoms with Gasteiger partial charge in [0.2, 0.25) is 0 Å².